The molecular formula is C14H18ClN3O2. The lowest BCUT2D eigenvalue weighted by atomic mass is 10.0. The third kappa shape index (κ3) is 3.49. The van der Waals surface area contributed by atoms with E-state index in [-0.39, 0.29) is 18.4 Å². The van der Waals surface area contributed by atoms with E-state index in [1.165, 1.54) is 0 Å². The molecule has 2 amide bonds. The molecule has 2 N–H and O–H groups in total. The molecule has 1 saturated heterocycles. The SMILES string of the molecule is CC1(C)NCCN(CC(=O)Nc2ccc(Cl)cc2)C1=O. The van der Waals surface area contributed by atoms with Crippen LogP contribution in [-0.2, 0) is 9.59 Å². The Kier molecular flexibility index (Phi) is 4.30. The molecule has 0 aliphatic carbocycles. The molecule has 108 valence electrons. The predicted molar refractivity (Wildman–Crippen MR) is 78.7 cm³/mol. The minimum Gasteiger partial charge on any atom is -0.331 e. The highest BCUT2D eigenvalue weighted by molar-refractivity contribution is 6.30. The fourth-order valence-electron chi connectivity index (χ4n) is 2.13. The van der Waals surface area contributed by atoms with Gasteiger partial charge in [-0.3, -0.25) is 9.59 Å². The van der Waals surface area contributed by atoms with Gasteiger partial charge in [0.1, 0.15) is 0 Å². The fraction of sp³-hybridized carbons (Fsp3) is 0.429. The molecule has 6 heteroatoms. The van der Waals surface area contributed by atoms with Gasteiger partial charge in [0.05, 0.1) is 12.1 Å². The smallest absolute Gasteiger partial charge is 0.243 e. The average Bonchev–Trinajstić information content (AvgIpc) is 2.38. The van der Waals surface area contributed by atoms with E-state index in [1.807, 2.05) is 13.8 Å². The molecule has 1 aromatic carbocycles. The Morgan fingerprint density at radius 1 is 1.40 bits per heavy atom. The highest BCUT2D eigenvalue weighted by atomic mass is 35.5. The van der Waals surface area contributed by atoms with Crippen molar-refractivity contribution in [3.05, 3.63) is 29.3 Å². The summed E-state index contributed by atoms with van der Waals surface area (Å²) in [5.74, 6) is -0.270. The fourth-order valence-corrected chi connectivity index (χ4v) is 2.26. The molecule has 1 aliphatic rings. The van der Waals surface area contributed by atoms with E-state index in [1.54, 1.807) is 29.2 Å². The van der Waals surface area contributed by atoms with Crippen LogP contribution in [0.5, 0.6) is 0 Å². The number of piperazine rings is 1. The van der Waals surface area contributed by atoms with Gasteiger partial charge >= 0.3 is 0 Å². The first-order valence-corrected chi connectivity index (χ1v) is 6.86. The van der Waals surface area contributed by atoms with Gasteiger partial charge in [0, 0.05) is 23.8 Å². The van der Waals surface area contributed by atoms with Gasteiger partial charge in [0.2, 0.25) is 11.8 Å². The van der Waals surface area contributed by atoms with Gasteiger partial charge in [0.15, 0.2) is 0 Å². The first kappa shape index (κ1) is 14.8. The van der Waals surface area contributed by atoms with Crippen LogP contribution in [0, 0.1) is 0 Å². The number of amides is 2. The first-order valence-electron chi connectivity index (χ1n) is 6.48. The summed E-state index contributed by atoms with van der Waals surface area (Å²) in [7, 11) is 0. The zero-order chi connectivity index (χ0) is 14.8. The summed E-state index contributed by atoms with van der Waals surface area (Å²) in [6.07, 6.45) is 0. The summed E-state index contributed by atoms with van der Waals surface area (Å²) >= 11 is 5.78. The van der Waals surface area contributed by atoms with Crippen molar-refractivity contribution in [1.29, 1.82) is 0 Å². The number of halogens is 1. The monoisotopic (exact) mass is 295 g/mol. The predicted octanol–water partition coefficient (Wildman–Crippen LogP) is 1.49. The maximum absolute atomic E-state index is 12.1. The van der Waals surface area contributed by atoms with Crippen LogP contribution in [0.2, 0.25) is 5.02 Å². The molecule has 0 spiro atoms. The van der Waals surface area contributed by atoms with E-state index < -0.39 is 5.54 Å². The molecular weight excluding hydrogens is 278 g/mol. The summed E-state index contributed by atoms with van der Waals surface area (Å²) in [5.41, 5.74) is 0.0555. The lowest BCUT2D eigenvalue weighted by Gasteiger charge is -2.37. The number of benzene rings is 1. The van der Waals surface area contributed by atoms with Crippen LogP contribution >= 0.6 is 11.6 Å². The van der Waals surface area contributed by atoms with Gasteiger partial charge in [-0.05, 0) is 38.1 Å². The first-order chi connectivity index (χ1) is 9.38. The molecule has 1 aliphatic heterocycles. The van der Waals surface area contributed by atoms with Crippen LogP contribution in [0.4, 0.5) is 5.69 Å². The van der Waals surface area contributed by atoms with E-state index >= 15 is 0 Å². The molecule has 0 saturated carbocycles. The molecule has 0 aromatic heterocycles. The Hall–Kier alpha value is -1.59. The Morgan fingerprint density at radius 3 is 2.70 bits per heavy atom. The second-order valence-electron chi connectivity index (χ2n) is 5.33. The van der Waals surface area contributed by atoms with Crippen molar-refractivity contribution in [3.8, 4) is 0 Å². The number of nitrogens with zero attached hydrogens (tertiary/aromatic N) is 1. The zero-order valence-corrected chi connectivity index (χ0v) is 12.3. The quantitative estimate of drug-likeness (QED) is 0.888. The van der Waals surface area contributed by atoms with E-state index in [0.29, 0.717) is 23.8 Å². The number of rotatable bonds is 3. The average molecular weight is 296 g/mol. The number of carbonyl (C=O) groups is 2. The van der Waals surface area contributed by atoms with Crippen LogP contribution < -0.4 is 10.6 Å². The van der Waals surface area contributed by atoms with Crippen LogP contribution in [-0.4, -0.2) is 41.9 Å². The molecule has 20 heavy (non-hydrogen) atoms. The molecule has 2 rings (SSSR count). The topological polar surface area (TPSA) is 61.4 Å². The third-order valence-electron chi connectivity index (χ3n) is 3.23. The van der Waals surface area contributed by atoms with Gasteiger partial charge in [-0.25, -0.2) is 0 Å². The highest BCUT2D eigenvalue weighted by Gasteiger charge is 2.35. The van der Waals surface area contributed by atoms with Gasteiger partial charge in [0.25, 0.3) is 0 Å². The number of hydrogen-bond donors (Lipinski definition) is 2. The van der Waals surface area contributed by atoms with E-state index in [4.69, 9.17) is 11.6 Å². The lowest BCUT2D eigenvalue weighted by molar-refractivity contribution is -0.142. The Labute approximate surface area is 123 Å². The summed E-state index contributed by atoms with van der Waals surface area (Å²) in [6.45, 7) is 4.92. The van der Waals surface area contributed by atoms with Crippen molar-refractivity contribution in [2.24, 2.45) is 0 Å². The molecule has 0 bridgehead atoms. The summed E-state index contributed by atoms with van der Waals surface area (Å²) in [5, 5.41) is 6.50. The maximum atomic E-state index is 12.1. The zero-order valence-electron chi connectivity index (χ0n) is 11.6. The molecule has 1 aromatic rings. The van der Waals surface area contributed by atoms with Gasteiger partial charge < -0.3 is 15.5 Å². The molecule has 1 heterocycles. The summed E-state index contributed by atoms with van der Waals surface area (Å²) < 4.78 is 0. The van der Waals surface area contributed by atoms with Crippen LogP contribution in [0.1, 0.15) is 13.8 Å². The summed E-state index contributed by atoms with van der Waals surface area (Å²) in [4.78, 5) is 25.7. The van der Waals surface area contributed by atoms with Crippen molar-refractivity contribution >= 4 is 29.1 Å². The highest BCUT2D eigenvalue weighted by Crippen LogP contribution is 2.15. The van der Waals surface area contributed by atoms with Crippen molar-refractivity contribution in [1.82, 2.24) is 10.2 Å². The van der Waals surface area contributed by atoms with Crippen molar-refractivity contribution in [2.45, 2.75) is 19.4 Å². The molecule has 0 unspecified atom stereocenters. The van der Waals surface area contributed by atoms with Crippen molar-refractivity contribution < 1.29 is 9.59 Å². The lowest BCUT2D eigenvalue weighted by Crippen LogP contribution is -2.62. The minimum atomic E-state index is -0.612. The molecule has 1 fully saturated rings. The maximum Gasteiger partial charge on any atom is 0.243 e. The van der Waals surface area contributed by atoms with Crippen LogP contribution in [0.15, 0.2) is 24.3 Å². The van der Waals surface area contributed by atoms with Crippen LogP contribution in [0.3, 0.4) is 0 Å². The third-order valence-corrected chi connectivity index (χ3v) is 3.48. The van der Waals surface area contributed by atoms with E-state index in [0.717, 1.165) is 0 Å². The van der Waals surface area contributed by atoms with Crippen LogP contribution in [0.25, 0.3) is 0 Å². The Bertz CT molecular complexity index is 514. The van der Waals surface area contributed by atoms with Crippen molar-refractivity contribution in [2.75, 3.05) is 25.0 Å². The minimum absolute atomic E-state index is 0.0602. The number of nitrogens with one attached hydrogen (secondary N) is 2. The van der Waals surface area contributed by atoms with Crippen molar-refractivity contribution in [3.63, 3.8) is 0 Å². The molecule has 0 radical (unpaired) electrons. The second-order valence-corrected chi connectivity index (χ2v) is 5.77. The Balaban J connectivity index is 1.94. The number of carbonyl (C=O) groups excluding carboxylic acids is 2. The van der Waals surface area contributed by atoms with Gasteiger partial charge in [-0.1, -0.05) is 11.6 Å². The molecule has 0 atom stereocenters. The van der Waals surface area contributed by atoms with Gasteiger partial charge in [-0.2, -0.15) is 0 Å². The van der Waals surface area contributed by atoms with E-state index in [9.17, 15) is 9.59 Å². The second kappa shape index (κ2) is 5.81. The number of hydrogen-bond acceptors (Lipinski definition) is 3. The molecule has 5 nitrogen and oxygen atoms in total. The van der Waals surface area contributed by atoms with Gasteiger partial charge in [-0.15, -0.1) is 0 Å². The summed E-state index contributed by atoms with van der Waals surface area (Å²) in [6, 6.07) is 6.86. The Morgan fingerprint density at radius 2 is 2.05 bits per heavy atom. The van der Waals surface area contributed by atoms with E-state index in [2.05, 4.69) is 10.6 Å². The standard InChI is InChI=1S/C14H18ClN3O2/c1-14(2)13(20)18(8-7-16-14)9-12(19)17-11-5-3-10(15)4-6-11/h3-6,16H,7-9H2,1-2H3,(H,17,19). The largest absolute Gasteiger partial charge is 0.331 e. The number of anilines is 1. The normalized spacial score (nSPS) is 17.9.